The number of carboxylic acids is 2. The van der Waals surface area contributed by atoms with Gasteiger partial charge in [-0.3, -0.25) is 0 Å². The Labute approximate surface area is 187 Å². The molecule has 0 bridgehead atoms. The second-order valence-electron chi connectivity index (χ2n) is 7.41. The SMILES string of the molecule is CCC(SCCC(C)O)c1ccc(C(=O)O)c(C(=O)O)c1C(CC)SCCC(C)O. The summed E-state index contributed by atoms with van der Waals surface area (Å²) in [6.45, 7) is 7.44. The third-order valence-corrected chi connectivity index (χ3v) is 7.75. The van der Waals surface area contributed by atoms with Gasteiger partial charge in [0.25, 0.3) is 0 Å². The van der Waals surface area contributed by atoms with Crippen molar-refractivity contribution in [2.24, 2.45) is 0 Å². The van der Waals surface area contributed by atoms with E-state index in [-0.39, 0.29) is 21.6 Å². The number of hydrogen-bond acceptors (Lipinski definition) is 6. The Kier molecular flexibility index (Phi) is 11.8. The van der Waals surface area contributed by atoms with Gasteiger partial charge in [0, 0.05) is 10.5 Å². The monoisotopic (exact) mass is 458 g/mol. The lowest BCUT2D eigenvalue weighted by atomic mass is 9.90. The lowest BCUT2D eigenvalue weighted by molar-refractivity contribution is 0.0650. The zero-order chi connectivity index (χ0) is 22.8. The lowest BCUT2D eigenvalue weighted by Crippen LogP contribution is -2.17. The Hall–Kier alpha value is -1.22. The van der Waals surface area contributed by atoms with Crippen LogP contribution < -0.4 is 0 Å². The molecule has 1 aromatic rings. The fourth-order valence-electron chi connectivity index (χ4n) is 3.27. The van der Waals surface area contributed by atoms with Crippen molar-refractivity contribution >= 4 is 35.5 Å². The average molecular weight is 459 g/mol. The molecular weight excluding hydrogens is 424 g/mol. The highest BCUT2D eigenvalue weighted by Crippen LogP contribution is 2.44. The Morgan fingerprint density at radius 3 is 1.77 bits per heavy atom. The minimum absolute atomic E-state index is 0.00566. The topological polar surface area (TPSA) is 115 Å². The first kappa shape index (κ1) is 26.8. The van der Waals surface area contributed by atoms with Gasteiger partial charge in [-0.05, 0) is 68.2 Å². The minimum atomic E-state index is -1.25. The van der Waals surface area contributed by atoms with Crippen molar-refractivity contribution in [3.8, 4) is 0 Å². The molecule has 0 aromatic heterocycles. The van der Waals surface area contributed by atoms with Crippen molar-refractivity contribution in [2.45, 2.75) is 76.1 Å². The van der Waals surface area contributed by atoms with Crippen LogP contribution in [0.2, 0.25) is 0 Å². The van der Waals surface area contributed by atoms with E-state index < -0.39 is 24.1 Å². The molecule has 170 valence electrons. The molecule has 8 heteroatoms. The van der Waals surface area contributed by atoms with Crippen LogP contribution in [0.5, 0.6) is 0 Å². The Bertz CT molecular complexity index is 705. The molecule has 0 radical (unpaired) electrons. The fraction of sp³-hybridized carbons (Fsp3) is 0.636. The minimum Gasteiger partial charge on any atom is -0.478 e. The number of carbonyl (C=O) groups is 2. The summed E-state index contributed by atoms with van der Waals surface area (Å²) in [5.74, 6) is -1.11. The van der Waals surface area contributed by atoms with E-state index in [0.717, 1.165) is 17.7 Å². The average Bonchev–Trinajstić information content (AvgIpc) is 2.67. The fourth-order valence-corrected chi connectivity index (χ4v) is 6.07. The van der Waals surface area contributed by atoms with Gasteiger partial charge in [-0.2, -0.15) is 23.5 Å². The van der Waals surface area contributed by atoms with Crippen molar-refractivity contribution in [3.63, 3.8) is 0 Å². The molecular formula is C22H34O6S2. The molecule has 0 amide bonds. The van der Waals surface area contributed by atoms with E-state index in [1.165, 1.54) is 6.07 Å². The third-order valence-electron chi connectivity index (χ3n) is 4.84. The molecule has 0 spiro atoms. The van der Waals surface area contributed by atoms with E-state index in [4.69, 9.17) is 0 Å². The van der Waals surface area contributed by atoms with Crippen LogP contribution in [0.25, 0.3) is 0 Å². The maximum Gasteiger partial charge on any atom is 0.336 e. The third kappa shape index (κ3) is 7.80. The summed E-state index contributed by atoms with van der Waals surface area (Å²) in [5.41, 5.74) is 1.11. The molecule has 4 atom stereocenters. The summed E-state index contributed by atoms with van der Waals surface area (Å²) >= 11 is 3.22. The van der Waals surface area contributed by atoms with Crippen LogP contribution in [0.15, 0.2) is 12.1 Å². The number of aromatic carboxylic acids is 2. The van der Waals surface area contributed by atoms with Crippen LogP contribution in [0.4, 0.5) is 0 Å². The molecule has 0 aliphatic heterocycles. The number of rotatable bonds is 14. The molecule has 0 saturated heterocycles. The van der Waals surface area contributed by atoms with E-state index in [1.54, 1.807) is 43.4 Å². The van der Waals surface area contributed by atoms with E-state index in [0.29, 0.717) is 30.6 Å². The smallest absolute Gasteiger partial charge is 0.336 e. The van der Waals surface area contributed by atoms with Crippen molar-refractivity contribution in [3.05, 3.63) is 34.4 Å². The van der Waals surface area contributed by atoms with E-state index >= 15 is 0 Å². The number of hydrogen-bond donors (Lipinski definition) is 4. The summed E-state index contributed by atoms with van der Waals surface area (Å²) in [5, 5.41) is 38.5. The zero-order valence-electron chi connectivity index (χ0n) is 18.1. The molecule has 0 fully saturated rings. The molecule has 1 rings (SSSR count). The number of carboxylic acid groups (broad SMARTS) is 2. The summed E-state index contributed by atoms with van der Waals surface area (Å²) in [6, 6.07) is 3.16. The summed E-state index contributed by atoms with van der Waals surface area (Å²) in [7, 11) is 0. The highest BCUT2D eigenvalue weighted by molar-refractivity contribution is 7.99. The van der Waals surface area contributed by atoms with Gasteiger partial charge in [0.2, 0.25) is 0 Å². The Morgan fingerprint density at radius 2 is 1.37 bits per heavy atom. The van der Waals surface area contributed by atoms with Crippen LogP contribution in [0, 0.1) is 0 Å². The van der Waals surface area contributed by atoms with Crippen molar-refractivity contribution in [1.82, 2.24) is 0 Å². The molecule has 6 nitrogen and oxygen atoms in total. The van der Waals surface area contributed by atoms with E-state index in [2.05, 4.69) is 0 Å². The van der Waals surface area contributed by atoms with Crippen molar-refractivity contribution in [2.75, 3.05) is 11.5 Å². The molecule has 1 aromatic carbocycles. The number of aliphatic hydroxyl groups is 2. The molecule has 0 heterocycles. The summed E-state index contributed by atoms with van der Waals surface area (Å²) in [4.78, 5) is 23.9. The Balaban J connectivity index is 3.49. The molecule has 4 N–H and O–H groups in total. The molecule has 30 heavy (non-hydrogen) atoms. The molecule has 4 unspecified atom stereocenters. The van der Waals surface area contributed by atoms with Gasteiger partial charge in [0.1, 0.15) is 0 Å². The lowest BCUT2D eigenvalue weighted by Gasteiger charge is -2.26. The zero-order valence-corrected chi connectivity index (χ0v) is 19.8. The van der Waals surface area contributed by atoms with Gasteiger partial charge < -0.3 is 20.4 Å². The molecule has 0 aliphatic rings. The highest BCUT2D eigenvalue weighted by atomic mass is 32.2. The predicted molar refractivity (Wildman–Crippen MR) is 124 cm³/mol. The Morgan fingerprint density at radius 1 is 0.867 bits per heavy atom. The standard InChI is InChI=1S/C22H34O6S2/c1-5-17(29-11-9-13(3)23)15-7-8-16(21(25)26)20(22(27)28)19(15)18(6-2)30-12-10-14(4)24/h7-8,13-14,17-18,23-24H,5-6,9-12H2,1-4H3,(H,25,26)(H,27,28). The van der Waals surface area contributed by atoms with Gasteiger partial charge >= 0.3 is 11.9 Å². The molecule has 0 saturated carbocycles. The number of benzene rings is 1. The van der Waals surface area contributed by atoms with Gasteiger partial charge in [-0.15, -0.1) is 0 Å². The van der Waals surface area contributed by atoms with Crippen molar-refractivity contribution < 1.29 is 30.0 Å². The quantitative estimate of drug-likeness (QED) is 0.308. The highest BCUT2D eigenvalue weighted by Gasteiger charge is 2.30. The predicted octanol–water partition coefficient (Wildman–Crippen LogP) is 4.99. The van der Waals surface area contributed by atoms with Crippen LogP contribution in [0.1, 0.15) is 95.7 Å². The first-order chi connectivity index (χ1) is 14.1. The van der Waals surface area contributed by atoms with Gasteiger partial charge in [-0.25, -0.2) is 9.59 Å². The van der Waals surface area contributed by atoms with Gasteiger partial charge in [0.05, 0.1) is 23.3 Å². The van der Waals surface area contributed by atoms with Crippen LogP contribution in [-0.4, -0.2) is 56.1 Å². The van der Waals surface area contributed by atoms with Crippen LogP contribution >= 0.6 is 23.5 Å². The maximum atomic E-state index is 12.2. The van der Waals surface area contributed by atoms with Crippen LogP contribution in [-0.2, 0) is 0 Å². The number of aliphatic hydroxyl groups excluding tert-OH is 2. The summed E-state index contributed by atoms with van der Waals surface area (Å²) in [6.07, 6.45) is 1.78. The second-order valence-corrected chi connectivity index (χ2v) is 10.0. The largest absolute Gasteiger partial charge is 0.478 e. The second kappa shape index (κ2) is 13.2. The van der Waals surface area contributed by atoms with Crippen molar-refractivity contribution in [1.29, 1.82) is 0 Å². The first-order valence-electron chi connectivity index (χ1n) is 10.4. The van der Waals surface area contributed by atoms with Crippen LogP contribution in [0.3, 0.4) is 0 Å². The number of thioether (sulfide) groups is 2. The van der Waals surface area contributed by atoms with Gasteiger partial charge in [0.15, 0.2) is 0 Å². The van der Waals surface area contributed by atoms with Gasteiger partial charge in [-0.1, -0.05) is 19.9 Å². The summed E-state index contributed by atoms with van der Waals surface area (Å²) < 4.78 is 0. The maximum absolute atomic E-state index is 12.2. The molecule has 0 aliphatic carbocycles. The van der Waals surface area contributed by atoms with E-state index in [1.807, 2.05) is 13.8 Å². The normalized spacial score (nSPS) is 15.4. The van der Waals surface area contributed by atoms with E-state index in [9.17, 15) is 30.0 Å². The first-order valence-corrected chi connectivity index (χ1v) is 12.5.